The van der Waals surface area contributed by atoms with Crippen LogP contribution in [0, 0.1) is 0 Å². The molecular weight excluding hydrogens is 250 g/mol. The van der Waals surface area contributed by atoms with E-state index in [0.29, 0.717) is 10.7 Å². The lowest BCUT2D eigenvalue weighted by Gasteiger charge is -2.06. The Bertz CT molecular complexity index is 551. The molecule has 0 bridgehead atoms. The first-order chi connectivity index (χ1) is 8.72. The van der Waals surface area contributed by atoms with Crippen molar-refractivity contribution in [3.8, 4) is 0 Å². The average Bonchev–Trinajstić information content (AvgIpc) is 2.78. The van der Waals surface area contributed by atoms with Gasteiger partial charge in [0.25, 0.3) is 0 Å². The van der Waals surface area contributed by atoms with Crippen LogP contribution >= 0.6 is 11.6 Å². The molecule has 0 saturated heterocycles. The fourth-order valence-corrected chi connectivity index (χ4v) is 2.00. The van der Waals surface area contributed by atoms with Crippen LogP contribution in [-0.2, 0) is 13.0 Å². The summed E-state index contributed by atoms with van der Waals surface area (Å²) in [6, 6.07) is 3.37. The number of aromatic nitrogens is 3. The molecule has 0 radical (unpaired) electrons. The minimum Gasteiger partial charge on any atom is -0.335 e. The van der Waals surface area contributed by atoms with Crippen molar-refractivity contribution < 1.29 is 4.79 Å². The molecule has 0 aliphatic rings. The fourth-order valence-electron chi connectivity index (χ4n) is 1.77. The van der Waals surface area contributed by atoms with Crippen molar-refractivity contribution in [3.05, 3.63) is 47.3 Å². The number of ketones is 1. The maximum absolute atomic E-state index is 12.1. The van der Waals surface area contributed by atoms with Gasteiger partial charge in [-0.3, -0.25) is 9.78 Å². The topological polar surface area (TPSA) is 47.8 Å². The predicted octanol–water partition coefficient (Wildman–Crippen LogP) is 2.77. The number of Topliss-reactive ketones (excluding diaryl/α,β-unsaturated/α-hetero) is 1. The number of rotatable bonds is 5. The molecule has 0 N–H and O–H groups in total. The average molecular weight is 264 g/mol. The van der Waals surface area contributed by atoms with Gasteiger partial charge in [0.05, 0.1) is 11.4 Å². The van der Waals surface area contributed by atoms with E-state index < -0.39 is 0 Å². The van der Waals surface area contributed by atoms with Crippen LogP contribution in [0.2, 0.25) is 5.02 Å². The molecule has 0 aromatic carbocycles. The second-order valence-electron chi connectivity index (χ2n) is 3.97. The largest absolute Gasteiger partial charge is 0.335 e. The molecule has 2 heterocycles. The highest BCUT2D eigenvalue weighted by Crippen LogP contribution is 2.14. The zero-order valence-corrected chi connectivity index (χ0v) is 10.9. The van der Waals surface area contributed by atoms with Gasteiger partial charge in [-0.2, -0.15) is 0 Å². The number of nitrogens with zero attached hydrogens (tertiary/aromatic N) is 3. The SMILES string of the molecule is CCCn1ccnc1CC(=O)c1ncccc1Cl. The lowest BCUT2D eigenvalue weighted by atomic mass is 10.2. The number of hydrogen-bond acceptors (Lipinski definition) is 3. The van der Waals surface area contributed by atoms with Crippen molar-refractivity contribution in [1.82, 2.24) is 14.5 Å². The Morgan fingerprint density at radius 1 is 1.39 bits per heavy atom. The normalized spacial score (nSPS) is 10.6. The second-order valence-corrected chi connectivity index (χ2v) is 4.38. The molecule has 94 valence electrons. The maximum Gasteiger partial charge on any atom is 0.190 e. The van der Waals surface area contributed by atoms with Crippen LogP contribution in [0.4, 0.5) is 0 Å². The molecule has 0 unspecified atom stereocenters. The smallest absolute Gasteiger partial charge is 0.190 e. The molecule has 0 atom stereocenters. The number of imidazole rings is 1. The zero-order valence-electron chi connectivity index (χ0n) is 10.1. The Morgan fingerprint density at radius 3 is 2.94 bits per heavy atom. The summed E-state index contributed by atoms with van der Waals surface area (Å²) in [5.74, 6) is 0.646. The predicted molar refractivity (Wildman–Crippen MR) is 69.8 cm³/mol. The monoisotopic (exact) mass is 263 g/mol. The van der Waals surface area contributed by atoms with E-state index in [2.05, 4.69) is 16.9 Å². The Morgan fingerprint density at radius 2 is 2.22 bits per heavy atom. The molecule has 18 heavy (non-hydrogen) atoms. The van der Waals surface area contributed by atoms with Crippen molar-refractivity contribution in [1.29, 1.82) is 0 Å². The first-order valence-corrected chi connectivity index (χ1v) is 6.24. The Balaban J connectivity index is 2.17. The summed E-state index contributed by atoms with van der Waals surface area (Å²) in [6.07, 6.45) is 6.38. The summed E-state index contributed by atoms with van der Waals surface area (Å²) in [7, 11) is 0. The summed E-state index contributed by atoms with van der Waals surface area (Å²) >= 11 is 5.95. The van der Waals surface area contributed by atoms with Gasteiger partial charge in [0.15, 0.2) is 5.78 Å². The van der Waals surface area contributed by atoms with Gasteiger partial charge in [-0.25, -0.2) is 4.98 Å². The Kier molecular flexibility index (Phi) is 4.10. The van der Waals surface area contributed by atoms with E-state index in [1.54, 1.807) is 24.5 Å². The van der Waals surface area contributed by atoms with Crippen LogP contribution in [-0.4, -0.2) is 20.3 Å². The van der Waals surface area contributed by atoms with Crippen LogP contribution < -0.4 is 0 Å². The van der Waals surface area contributed by atoms with Gasteiger partial charge in [-0.05, 0) is 18.6 Å². The van der Waals surface area contributed by atoms with Crippen molar-refractivity contribution in [2.45, 2.75) is 26.3 Å². The van der Waals surface area contributed by atoms with Crippen molar-refractivity contribution in [3.63, 3.8) is 0 Å². The highest BCUT2D eigenvalue weighted by Gasteiger charge is 2.14. The van der Waals surface area contributed by atoms with E-state index in [0.717, 1.165) is 18.8 Å². The number of hydrogen-bond donors (Lipinski definition) is 0. The first-order valence-electron chi connectivity index (χ1n) is 5.86. The summed E-state index contributed by atoms with van der Waals surface area (Å²) in [6.45, 7) is 2.94. The zero-order chi connectivity index (χ0) is 13.0. The van der Waals surface area contributed by atoms with Gasteiger partial charge in [0.1, 0.15) is 11.5 Å². The van der Waals surface area contributed by atoms with Gasteiger partial charge in [0, 0.05) is 25.1 Å². The molecule has 2 rings (SSSR count). The summed E-state index contributed by atoms with van der Waals surface area (Å²) in [5.41, 5.74) is 0.310. The minimum absolute atomic E-state index is 0.107. The third-order valence-electron chi connectivity index (χ3n) is 2.61. The van der Waals surface area contributed by atoms with Crippen LogP contribution in [0.5, 0.6) is 0 Å². The van der Waals surface area contributed by atoms with Crippen molar-refractivity contribution in [2.75, 3.05) is 0 Å². The molecule has 5 heteroatoms. The Hall–Kier alpha value is -1.68. The molecule has 2 aromatic heterocycles. The van der Waals surface area contributed by atoms with E-state index in [1.165, 1.54) is 0 Å². The van der Waals surface area contributed by atoms with E-state index in [4.69, 9.17) is 11.6 Å². The molecule has 0 saturated carbocycles. The fraction of sp³-hybridized carbons (Fsp3) is 0.308. The number of halogens is 1. The molecule has 0 amide bonds. The van der Waals surface area contributed by atoms with E-state index in [9.17, 15) is 4.79 Å². The number of carbonyl (C=O) groups excluding carboxylic acids is 1. The molecule has 0 spiro atoms. The molecule has 0 aliphatic carbocycles. The van der Waals surface area contributed by atoms with E-state index in [-0.39, 0.29) is 12.2 Å². The molecule has 0 fully saturated rings. The van der Waals surface area contributed by atoms with Crippen molar-refractivity contribution in [2.24, 2.45) is 0 Å². The summed E-state index contributed by atoms with van der Waals surface area (Å²) in [5, 5.41) is 0.385. The Labute approximate surface area is 111 Å². The van der Waals surface area contributed by atoms with Gasteiger partial charge in [-0.15, -0.1) is 0 Å². The molecular formula is C13H14ClN3O. The van der Waals surface area contributed by atoms with Gasteiger partial charge in [0.2, 0.25) is 0 Å². The molecule has 0 aliphatic heterocycles. The van der Waals surface area contributed by atoms with E-state index in [1.807, 2.05) is 10.8 Å². The quantitative estimate of drug-likeness (QED) is 0.780. The number of carbonyl (C=O) groups is 1. The third kappa shape index (κ3) is 2.76. The maximum atomic E-state index is 12.1. The second kappa shape index (κ2) is 5.78. The standard InChI is InChI=1S/C13H14ClN3O/c1-2-7-17-8-6-15-12(17)9-11(18)13-10(14)4-3-5-16-13/h3-6,8H,2,7,9H2,1H3. The van der Waals surface area contributed by atoms with Crippen molar-refractivity contribution >= 4 is 17.4 Å². The van der Waals surface area contributed by atoms with Crippen LogP contribution in [0.15, 0.2) is 30.7 Å². The molecule has 4 nitrogen and oxygen atoms in total. The van der Waals surface area contributed by atoms with Crippen LogP contribution in [0.25, 0.3) is 0 Å². The van der Waals surface area contributed by atoms with Crippen LogP contribution in [0.3, 0.4) is 0 Å². The van der Waals surface area contributed by atoms with Gasteiger partial charge in [-0.1, -0.05) is 18.5 Å². The van der Waals surface area contributed by atoms with Crippen LogP contribution in [0.1, 0.15) is 29.7 Å². The highest BCUT2D eigenvalue weighted by atomic mass is 35.5. The third-order valence-corrected chi connectivity index (χ3v) is 2.91. The van der Waals surface area contributed by atoms with E-state index >= 15 is 0 Å². The number of aryl methyl sites for hydroxylation is 1. The van der Waals surface area contributed by atoms with Gasteiger partial charge >= 0.3 is 0 Å². The van der Waals surface area contributed by atoms with Gasteiger partial charge < -0.3 is 4.57 Å². The highest BCUT2D eigenvalue weighted by molar-refractivity contribution is 6.33. The summed E-state index contributed by atoms with van der Waals surface area (Å²) < 4.78 is 1.98. The lowest BCUT2D eigenvalue weighted by molar-refractivity contribution is 0.0985. The molecule has 2 aromatic rings. The minimum atomic E-state index is -0.107. The number of pyridine rings is 1. The summed E-state index contributed by atoms with van der Waals surface area (Å²) in [4.78, 5) is 20.3. The first kappa shape index (κ1) is 12.8. The lowest BCUT2D eigenvalue weighted by Crippen LogP contribution is -2.11.